The Hall–Kier alpha value is -2.09. The predicted molar refractivity (Wildman–Crippen MR) is 99.5 cm³/mol. The molecule has 4 nitrogen and oxygen atoms in total. The molecule has 0 aromatic heterocycles. The molecule has 2 aromatic carbocycles. The maximum absolute atomic E-state index is 12.8. The van der Waals surface area contributed by atoms with Crippen molar-refractivity contribution in [3.05, 3.63) is 47.0 Å². The van der Waals surface area contributed by atoms with Gasteiger partial charge in [0, 0.05) is 5.56 Å². The average molecular weight is 411 g/mol. The van der Waals surface area contributed by atoms with E-state index in [1.807, 2.05) is 18.2 Å². The van der Waals surface area contributed by atoms with Crippen LogP contribution < -0.4 is 4.72 Å². The number of carbonyl (C=O) groups is 1. The number of aryl methyl sites for hydroxylation is 2. The van der Waals surface area contributed by atoms with E-state index in [9.17, 15) is 26.4 Å². The third-order valence-corrected chi connectivity index (χ3v) is 7.75. The van der Waals surface area contributed by atoms with E-state index in [2.05, 4.69) is 4.72 Å². The predicted octanol–water partition coefficient (Wildman–Crippen LogP) is 4.12. The maximum Gasteiger partial charge on any atom is 0.391 e. The highest BCUT2D eigenvalue weighted by atomic mass is 32.2. The first-order chi connectivity index (χ1) is 13.2. The molecule has 1 amide bonds. The van der Waals surface area contributed by atoms with Crippen molar-refractivity contribution in [3.63, 3.8) is 0 Å². The minimum Gasteiger partial charge on any atom is -0.268 e. The van der Waals surface area contributed by atoms with Crippen LogP contribution in [0.4, 0.5) is 13.2 Å². The summed E-state index contributed by atoms with van der Waals surface area (Å²) in [5.41, 5.74) is 2.54. The molecule has 0 spiro atoms. The van der Waals surface area contributed by atoms with Crippen molar-refractivity contribution in [3.8, 4) is 0 Å². The molecule has 0 radical (unpaired) electrons. The lowest BCUT2D eigenvalue weighted by atomic mass is 9.88. The molecule has 1 N–H and O–H groups in total. The molecule has 0 atom stereocenters. The first-order valence-corrected chi connectivity index (χ1v) is 10.9. The van der Waals surface area contributed by atoms with Crippen molar-refractivity contribution in [2.75, 3.05) is 0 Å². The summed E-state index contributed by atoms with van der Waals surface area (Å²) in [6.45, 7) is 0. The molecule has 0 bridgehead atoms. The van der Waals surface area contributed by atoms with Crippen LogP contribution in [0.3, 0.4) is 0 Å². The number of amides is 1. The molecule has 2 aromatic rings. The summed E-state index contributed by atoms with van der Waals surface area (Å²) in [5.74, 6) is -2.19. The van der Waals surface area contributed by atoms with Crippen LogP contribution in [0.5, 0.6) is 0 Å². The molecule has 4 rings (SSSR count). The number of alkyl halides is 3. The molecule has 0 aliphatic heterocycles. The van der Waals surface area contributed by atoms with Gasteiger partial charge in [-0.2, -0.15) is 13.2 Å². The van der Waals surface area contributed by atoms with Crippen LogP contribution in [0.15, 0.2) is 30.3 Å². The van der Waals surface area contributed by atoms with Gasteiger partial charge in [-0.15, -0.1) is 0 Å². The molecule has 0 saturated heterocycles. The van der Waals surface area contributed by atoms with Gasteiger partial charge >= 0.3 is 6.18 Å². The molecule has 0 heterocycles. The highest BCUT2D eigenvalue weighted by Gasteiger charge is 2.44. The second-order valence-corrected chi connectivity index (χ2v) is 9.56. The fourth-order valence-corrected chi connectivity index (χ4v) is 5.84. The average Bonchev–Trinajstić information content (AvgIpc) is 3.06. The molecule has 28 heavy (non-hydrogen) atoms. The molecule has 1 saturated carbocycles. The Morgan fingerprint density at radius 2 is 1.61 bits per heavy atom. The van der Waals surface area contributed by atoms with Gasteiger partial charge in [0.25, 0.3) is 5.91 Å². The minimum atomic E-state index is -4.30. The number of hydrogen-bond acceptors (Lipinski definition) is 3. The summed E-state index contributed by atoms with van der Waals surface area (Å²) in [6, 6.07) is 9.10. The quantitative estimate of drug-likeness (QED) is 0.827. The van der Waals surface area contributed by atoms with Gasteiger partial charge in [0.1, 0.15) is 0 Å². The van der Waals surface area contributed by atoms with Crippen molar-refractivity contribution < 1.29 is 26.4 Å². The Kier molecular flexibility index (Phi) is 4.64. The summed E-state index contributed by atoms with van der Waals surface area (Å²) in [4.78, 5) is 12.7. The van der Waals surface area contributed by atoms with Crippen molar-refractivity contribution in [1.82, 2.24) is 4.72 Å². The fraction of sp³-hybridized carbons (Fsp3) is 0.450. The van der Waals surface area contributed by atoms with E-state index in [0.717, 1.165) is 29.4 Å². The van der Waals surface area contributed by atoms with E-state index in [1.165, 1.54) is 0 Å². The number of hydrogen-bond donors (Lipinski definition) is 1. The van der Waals surface area contributed by atoms with Gasteiger partial charge in [0.2, 0.25) is 10.0 Å². The van der Waals surface area contributed by atoms with Crippen molar-refractivity contribution in [2.24, 2.45) is 5.92 Å². The standard InChI is InChI=1S/C20H20F3NO3S/c21-20(22,23)14-7-9-15(10-8-14)28(26,27)24-19(25)17-11-6-13-5-4-12-2-1-3-16(17)18(12)13/h1-3,6,11,14-15H,4-5,7-10H2,(H,24,25). The number of halogens is 3. The topological polar surface area (TPSA) is 63.2 Å². The Morgan fingerprint density at radius 3 is 2.25 bits per heavy atom. The number of carbonyl (C=O) groups excluding carboxylic acids is 1. The van der Waals surface area contributed by atoms with E-state index >= 15 is 0 Å². The second kappa shape index (κ2) is 6.76. The zero-order chi connectivity index (χ0) is 20.1. The van der Waals surface area contributed by atoms with Gasteiger partial charge < -0.3 is 0 Å². The Labute approximate surface area is 161 Å². The first kappa shape index (κ1) is 19.2. The van der Waals surface area contributed by atoms with Gasteiger partial charge in [-0.3, -0.25) is 4.79 Å². The summed E-state index contributed by atoms with van der Waals surface area (Å²) in [5, 5.41) is 0.728. The highest BCUT2D eigenvalue weighted by molar-refractivity contribution is 7.90. The summed E-state index contributed by atoms with van der Waals surface area (Å²) in [6.07, 6.45) is -3.19. The largest absolute Gasteiger partial charge is 0.391 e. The van der Waals surface area contributed by atoms with Gasteiger partial charge in [0.05, 0.1) is 11.2 Å². The maximum atomic E-state index is 12.8. The number of nitrogens with one attached hydrogen (secondary N) is 1. The smallest absolute Gasteiger partial charge is 0.268 e. The first-order valence-electron chi connectivity index (χ1n) is 9.33. The molecule has 150 valence electrons. The lowest BCUT2D eigenvalue weighted by molar-refractivity contribution is -0.181. The van der Waals surface area contributed by atoms with Crippen molar-refractivity contribution >= 4 is 26.7 Å². The van der Waals surface area contributed by atoms with Crippen molar-refractivity contribution in [2.45, 2.75) is 50.0 Å². The van der Waals surface area contributed by atoms with Gasteiger partial charge in [-0.25, -0.2) is 13.1 Å². The summed E-state index contributed by atoms with van der Waals surface area (Å²) >= 11 is 0. The molecule has 1 fully saturated rings. The lowest BCUT2D eigenvalue weighted by Gasteiger charge is -2.29. The number of sulfonamides is 1. The monoisotopic (exact) mass is 411 g/mol. The normalized spacial score (nSPS) is 22.4. The van der Waals surface area contributed by atoms with E-state index in [1.54, 1.807) is 12.1 Å². The third kappa shape index (κ3) is 3.38. The molecule has 8 heteroatoms. The molecular formula is C20H20F3NO3S. The van der Waals surface area contributed by atoms with Crippen LogP contribution in [0.2, 0.25) is 0 Å². The van der Waals surface area contributed by atoms with Crippen LogP contribution in [0, 0.1) is 5.92 Å². The molecule has 2 aliphatic carbocycles. The Morgan fingerprint density at radius 1 is 0.964 bits per heavy atom. The van der Waals surface area contributed by atoms with E-state index in [4.69, 9.17) is 0 Å². The Balaban J connectivity index is 1.54. The zero-order valence-electron chi connectivity index (χ0n) is 15.1. The van der Waals surface area contributed by atoms with Gasteiger partial charge in [-0.1, -0.05) is 24.3 Å². The third-order valence-electron chi connectivity index (χ3n) is 5.93. The summed E-state index contributed by atoms with van der Waals surface area (Å²) < 4.78 is 65.7. The second-order valence-electron chi connectivity index (χ2n) is 7.60. The molecule has 0 unspecified atom stereocenters. The minimum absolute atomic E-state index is 0.101. The van der Waals surface area contributed by atoms with Crippen LogP contribution in [-0.4, -0.2) is 25.8 Å². The van der Waals surface area contributed by atoms with E-state index < -0.39 is 33.3 Å². The molecular weight excluding hydrogens is 391 g/mol. The van der Waals surface area contributed by atoms with E-state index in [0.29, 0.717) is 5.39 Å². The van der Waals surface area contributed by atoms with Crippen molar-refractivity contribution in [1.29, 1.82) is 0 Å². The van der Waals surface area contributed by atoms with Crippen LogP contribution in [0.1, 0.15) is 47.2 Å². The SMILES string of the molecule is O=C(NS(=O)(=O)C1CCC(C(F)(F)F)CC1)c1ccc2c3c(cccc13)CC2. The van der Waals surface area contributed by atoms with Gasteiger partial charge in [-0.05, 0) is 66.5 Å². The highest BCUT2D eigenvalue weighted by Crippen LogP contribution is 2.39. The Bertz CT molecular complexity index is 1030. The molecule has 2 aliphatic rings. The van der Waals surface area contributed by atoms with E-state index in [-0.39, 0.29) is 31.2 Å². The lowest BCUT2D eigenvalue weighted by Crippen LogP contribution is -2.41. The van der Waals surface area contributed by atoms with Crippen LogP contribution in [0.25, 0.3) is 10.8 Å². The van der Waals surface area contributed by atoms with Gasteiger partial charge in [0.15, 0.2) is 0 Å². The number of rotatable bonds is 3. The summed E-state index contributed by atoms with van der Waals surface area (Å²) in [7, 11) is -4.04. The van der Waals surface area contributed by atoms with Crippen LogP contribution in [-0.2, 0) is 22.9 Å². The van der Waals surface area contributed by atoms with Crippen LogP contribution >= 0.6 is 0 Å². The number of benzene rings is 2. The zero-order valence-corrected chi connectivity index (χ0v) is 15.9. The fourth-order valence-electron chi connectivity index (χ4n) is 4.41.